The summed E-state index contributed by atoms with van der Waals surface area (Å²) in [5, 5.41) is 3.54. The van der Waals surface area contributed by atoms with Crippen molar-refractivity contribution >= 4 is 17.7 Å². The number of hydrogen-bond acceptors (Lipinski definition) is 4. The lowest BCUT2D eigenvalue weighted by molar-refractivity contribution is -0.137. The van der Waals surface area contributed by atoms with Gasteiger partial charge in [-0.15, -0.1) is 0 Å². The second-order valence-corrected chi connectivity index (χ2v) is 11.2. The Labute approximate surface area is 237 Å². The molecule has 1 aliphatic heterocycles. The molecule has 0 bridgehead atoms. The van der Waals surface area contributed by atoms with Gasteiger partial charge in [-0.25, -0.2) is 4.39 Å². The van der Waals surface area contributed by atoms with E-state index >= 15 is 0 Å². The molecular weight excluding hydrogens is 554 g/mol. The van der Waals surface area contributed by atoms with Crippen LogP contribution in [0.4, 0.5) is 17.6 Å². The second kappa shape index (κ2) is 10.8. The highest BCUT2D eigenvalue weighted by molar-refractivity contribution is 7.98. The van der Waals surface area contributed by atoms with Crippen molar-refractivity contribution in [3.8, 4) is 11.1 Å². The Kier molecular flexibility index (Phi) is 7.19. The number of carbonyl (C=O) groups excluding carboxylic acids is 1. The summed E-state index contributed by atoms with van der Waals surface area (Å²) in [7, 11) is 0. The molecule has 0 unspecified atom stereocenters. The van der Waals surface area contributed by atoms with E-state index in [0.717, 1.165) is 40.9 Å². The van der Waals surface area contributed by atoms with Gasteiger partial charge in [0.15, 0.2) is 5.16 Å². The first-order valence-electron chi connectivity index (χ1n) is 13.3. The molecular formula is C31H25F4N3O2S. The standard InChI is InChI=1S/C31H25F4N3O2S/c32-23-14-4-18(5-15-23)17-41-30-37-28(39)24-2-1-3-26(24)38(30)27-16-25(36-29(27)40)21-8-6-19(7-9-21)20-10-12-22(13-11-20)31(33,34)35/h4-15,25,27H,1-3,16-17H2,(H,36,40)/t25-,27-/m0/s1. The van der Waals surface area contributed by atoms with Gasteiger partial charge in [-0.05, 0) is 65.8 Å². The maximum atomic E-state index is 13.4. The highest BCUT2D eigenvalue weighted by Crippen LogP contribution is 2.38. The average Bonchev–Trinajstić information content (AvgIpc) is 3.60. The van der Waals surface area contributed by atoms with E-state index < -0.39 is 17.8 Å². The van der Waals surface area contributed by atoms with Crippen molar-refractivity contribution in [1.82, 2.24) is 14.9 Å². The van der Waals surface area contributed by atoms with Crippen LogP contribution in [0.25, 0.3) is 11.1 Å². The predicted molar refractivity (Wildman–Crippen MR) is 148 cm³/mol. The Morgan fingerprint density at radius 1 is 0.902 bits per heavy atom. The molecule has 1 saturated heterocycles. The molecule has 1 amide bonds. The van der Waals surface area contributed by atoms with E-state index in [1.54, 1.807) is 12.1 Å². The lowest BCUT2D eigenvalue weighted by atomic mass is 9.98. The van der Waals surface area contributed by atoms with Crippen LogP contribution in [0.1, 0.15) is 52.9 Å². The molecule has 4 aromatic rings. The Morgan fingerprint density at radius 2 is 1.56 bits per heavy atom. The minimum Gasteiger partial charge on any atom is -0.347 e. The fourth-order valence-electron chi connectivity index (χ4n) is 5.56. The van der Waals surface area contributed by atoms with Crippen molar-refractivity contribution in [3.63, 3.8) is 0 Å². The number of alkyl halides is 3. The van der Waals surface area contributed by atoms with Gasteiger partial charge in [-0.1, -0.05) is 60.3 Å². The number of halogens is 4. The molecule has 1 fully saturated rings. The van der Waals surface area contributed by atoms with Gasteiger partial charge in [0.1, 0.15) is 11.9 Å². The number of amides is 1. The third kappa shape index (κ3) is 5.53. The highest BCUT2D eigenvalue weighted by atomic mass is 32.2. The van der Waals surface area contributed by atoms with E-state index in [1.165, 1.54) is 36.0 Å². The summed E-state index contributed by atoms with van der Waals surface area (Å²) < 4.78 is 54.0. The van der Waals surface area contributed by atoms with Gasteiger partial charge in [0.25, 0.3) is 5.56 Å². The van der Waals surface area contributed by atoms with Crippen molar-refractivity contribution in [1.29, 1.82) is 0 Å². The minimum absolute atomic E-state index is 0.162. The quantitative estimate of drug-likeness (QED) is 0.158. The summed E-state index contributed by atoms with van der Waals surface area (Å²) in [4.78, 5) is 30.5. The number of aromatic nitrogens is 2. The van der Waals surface area contributed by atoms with Crippen LogP contribution < -0.4 is 10.9 Å². The number of carbonyl (C=O) groups is 1. The predicted octanol–water partition coefficient (Wildman–Crippen LogP) is 6.65. The van der Waals surface area contributed by atoms with Crippen molar-refractivity contribution < 1.29 is 22.4 Å². The summed E-state index contributed by atoms with van der Waals surface area (Å²) in [6.45, 7) is 0. The van der Waals surface area contributed by atoms with Crippen LogP contribution in [-0.4, -0.2) is 15.5 Å². The van der Waals surface area contributed by atoms with Crippen molar-refractivity contribution in [2.24, 2.45) is 0 Å². The Balaban J connectivity index is 1.24. The zero-order chi connectivity index (χ0) is 28.7. The van der Waals surface area contributed by atoms with E-state index in [0.29, 0.717) is 41.3 Å². The van der Waals surface area contributed by atoms with Crippen LogP contribution in [0.2, 0.25) is 0 Å². The molecule has 1 N–H and O–H groups in total. The monoisotopic (exact) mass is 579 g/mol. The average molecular weight is 580 g/mol. The molecule has 2 atom stereocenters. The zero-order valence-corrected chi connectivity index (χ0v) is 22.6. The molecule has 0 radical (unpaired) electrons. The number of rotatable bonds is 6. The maximum absolute atomic E-state index is 13.4. The lowest BCUT2D eigenvalue weighted by Gasteiger charge is -2.21. The highest BCUT2D eigenvalue weighted by Gasteiger charge is 2.38. The fraction of sp³-hybridized carbons (Fsp3) is 0.258. The molecule has 1 aliphatic carbocycles. The van der Waals surface area contributed by atoms with Crippen LogP contribution in [0.15, 0.2) is 82.7 Å². The van der Waals surface area contributed by atoms with Crippen LogP contribution >= 0.6 is 11.8 Å². The lowest BCUT2D eigenvalue weighted by Crippen LogP contribution is -2.29. The first-order chi connectivity index (χ1) is 19.7. The normalized spacial score (nSPS) is 18.4. The first-order valence-corrected chi connectivity index (χ1v) is 14.3. The van der Waals surface area contributed by atoms with Gasteiger partial charge in [0.05, 0.1) is 11.6 Å². The Morgan fingerprint density at radius 3 is 2.22 bits per heavy atom. The Bertz CT molecular complexity index is 1650. The summed E-state index contributed by atoms with van der Waals surface area (Å²) >= 11 is 1.35. The van der Waals surface area contributed by atoms with Gasteiger partial charge in [-0.2, -0.15) is 18.2 Å². The second-order valence-electron chi connectivity index (χ2n) is 10.3. The number of benzene rings is 3. The molecule has 0 saturated carbocycles. The van der Waals surface area contributed by atoms with E-state index in [2.05, 4.69) is 10.3 Å². The van der Waals surface area contributed by atoms with Crippen molar-refractivity contribution in [2.75, 3.05) is 0 Å². The largest absolute Gasteiger partial charge is 0.416 e. The number of fused-ring (bicyclic) bond motifs is 1. The van der Waals surface area contributed by atoms with Gasteiger partial charge in [-0.3, -0.25) is 9.59 Å². The summed E-state index contributed by atoms with van der Waals surface area (Å²) in [5.41, 5.74) is 3.74. The third-order valence-corrected chi connectivity index (χ3v) is 8.69. The number of nitrogens with zero attached hydrogens (tertiary/aromatic N) is 2. The number of nitrogens with one attached hydrogen (secondary N) is 1. The van der Waals surface area contributed by atoms with Gasteiger partial charge >= 0.3 is 6.18 Å². The molecule has 2 aliphatic rings. The van der Waals surface area contributed by atoms with Crippen LogP contribution in [-0.2, 0) is 29.6 Å². The molecule has 0 spiro atoms. The third-order valence-electron chi connectivity index (χ3n) is 7.67. The van der Waals surface area contributed by atoms with Crippen LogP contribution in [0.5, 0.6) is 0 Å². The molecule has 5 nitrogen and oxygen atoms in total. The first kappa shape index (κ1) is 27.3. The topological polar surface area (TPSA) is 64.0 Å². The van der Waals surface area contributed by atoms with Crippen molar-refractivity contribution in [2.45, 2.75) is 54.9 Å². The minimum atomic E-state index is -4.39. The summed E-state index contributed by atoms with van der Waals surface area (Å²) in [5.74, 6) is -0.0216. The Hall–Kier alpha value is -3.92. The van der Waals surface area contributed by atoms with Crippen molar-refractivity contribution in [3.05, 3.63) is 117 Å². The van der Waals surface area contributed by atoms with E-state index in [4.69, 9.17) is 0 Å². The van der Waals surface area contributed by atoms with Gasteiger partial charge in [0, 0.05) is 23.4 Å². The molecule has 41 heavy (non-hydrogen) atoms. The number of hydrogen-bond donors (Lipinski definition) is 1. The smallest absolute Gasteiger partial charge is 0.347 e. The van der Waals surface area contributed by atoms with Gasteiger partial charge in [0.2, 0.25) is 5.91 Å². The SMILES string of the molecule is O=C1N[C@H](c2ccc(-c3ccc(C(F)(F)F)cc3)cc2)C[C@@H]1n1c(SCc2ccc(F)cc2)nc(=O)c2c1CCC2. The number of thioether (sulfide) groups is 1. The van der Waals surface area contributed by atoms with Crippen LogP contribution in [0.3, 0.4) is 0 Å². The molecule has 10 heteroatoms. The zero-order valence-electron chi connectivity index (χ0n) is 21.7. The summed E-state index contributed by atoms with van der Waals surface area (Å²) in [6.07, 6.45) is -1.79. The summed E-state index contributed by atoms with van der Waals surface area (Å²) in [6, 6.07) is 17.7. The van der Waals surface area contributed by atoms with E-state index in [9.17, 15) is 27.2 Å². The van der Waals surface area contributed by atoms with Crippen LogP contribution in [0, 0.1) is 5.82 Å². The van der Waals surface area contributed by atoms with Gasteiger partial charge < -0.3 is 9.88 Å². The molecule has 1 aromatic heterocycles. The molecule has 210 valence electrons. The maximum Gasteiger partial charge on any atom is 0.416 e. The van der Waals surface area contributed by atoms with E-state index in [1.807, 2.05) is 28.8 Å². The molecule has 2 heterocycles. The molecule has 3 aromatic carbocycles. The molecule has 6 rings (SSSR count). The van der Waals surface area contributed by atoms with E-state index in [-0.39, 0.29) is 23.3 Å². The fourth-order valence-corrected chi connectivity index (χ4v) is 6.57.